The van der Waals surface area contributed by atoms with Gasteiger partial charge in [0.15, 0.2) is 0 Å². The van der Waals surface area contributed by atoms with E-state index in [1.165, 1.54) is 36.8 Å². The highest BCUT2D eigenvalue weighted by Gasteiger charge is 2.03. The summed E-state index contributed by atoms with van der Waals surface area (Å²) in [5, 5.41) is 0. The Balaban J connectivity index is 1.45. The van der Waals surface area contributed by atoms with E-state index in [4.69, 9.17) is 18.3 Å². The molecule has 0 saturated carbocycles. The zero-order valence-electron chi connectivity index (χ0n) is 14.9. The van der Waals surface area contributed by atoms with Gasteiger partial charge in [0.05, 0.1) is 12.5 Å². The first kappa shape index (κ1) is 19.0. The summed E-state index contributed by atoms with van der Waals surface area (Å²) >= 11 is 0. The van der Waals surface area contributed by atoms with Crippen LogP contribution in [0, 0.1) is 0 Å². The summed E-state index contributed by atoms with van der Waals surface area (Å²) in [5.41, 5.74) is 1.58. The number of ether oxygens (including phenoxy) is 2. The van der Waals surface area contributed by atoms with Gasteiger partial charge in [-0.2, -0.15) is 0 Å². The number of esters is 2. The minimum atomic E-state index is -0.476. The van der Waals surface area contributed by atoms with Crippen LogP contribution in [-0.4, -0.2) is 11.9 Å². The molecule has 0 atom stereocenters. The minimum Gasteiger partial charge on any atom is -0.465 e. The van der Waals surface area contributed by atoms with Crippen molar-refractivity contribution in [2.45, 2.75) is 13.2 Å². The van der Waals surface area contributed by atoms with E-state index in [0.29, 0.717) is 11.5 Å². The zero-order valence-corrected chi connectivity index (χ0v) is 14.9. The molecular formula is C22H18O6. The van der Waals surface area contributed by atoms with E-state index in [0.717, 1.165) is 11.1 Å². The van der Waals surface area contributed by atoms with E-state index >= 15 is 0 Å². The number of carbonyl (C=O) groups is 2. The van der Waals surface area contributed by atoms with Crippen LogP contribution in [0.4, 0.5) is 0 Å². The van der Waals surface area contributed by atoms with Crippen LogP contribution in [0.2, 0.25) is 0 Å². The van der Waals surface area contributed by atoms with Gasteiger partial charge in [0.25, 0.3) is 0 Å². The van der Waals surface area contributed by atoms with Gasteiger partial charge in [-0.25, -0.2) is 9.59 Å². The second kappa shape index (κ2) is 9.78. The van der Waals surface area contributed by atoms with Crippen LogP contribution in [0.3, 0.4) is 0 Å². The zero-order chi connectivity index (χ0) is 19.6. The van der Waals surface area contributed by atoms with E-state index in [1.54, 1.807) is 24.3 Å². The molecule has 0 aliphatic heterocycles. The van der Waals surface area contributed by atoms with Crippen molar-refractivity contribution in [3.8, 4) is 0 Å². The molecule has 0 amide bonds. The predicted octanol–water partition coefficient (Wildman–Crippen LogP) is 4.39. The third kappa shape index (κ3) is 6.17. The van der Waals surface area contributed by atoms with Gasteiger partial charge in [0, 0.05) is 12.2 Å². The number of benzene rings is 1. The van der Waals surface area contributed by atoms with Crippen LogP contribution in [0.15, 0.2) is 82.0 Å². The maximum absolute atomic E-state index is 11.7. The van der Waals surface area contributed by atoms with Crippen LogP contribution < -0.4 is 0 Å². The smallest absolute Gasteiger partial charge is 0.331 e. The van der Waals surface area contributed by atoms with Crippen LogP contribution in [-0.2, 0) is 32.3 Å². The number of furan rings is 2. The van der Waals surface area contributed by atoms with E-state index in [-0.39, 0.29) is 13.2 Å². The van der Waals surface area contributed by atoms with Crippen LogP contribution in [0.25, 0.3) is 12.2 Å². The summed E-state index contributed by atoms with van der Waals surface area (Å²) in [6.45, 7) is 0.225. The Labute approximate surface area is 161 Å². The van der Waals surface area contributed by atoms with Crippen molar-refractivity contribution in [2.24, 2.45) is 0 Å². The minimum absolute atomic E-state index is 0.113. The maximum Gasteiger partial charge on any atom is 0.331 e. The Morgan fingerprint density at radius 2 is 1.25 bits per heavy atom. The van der Waals surface area contributed by atoms with Gasteiger partial charge in [0.1, 0.15) is 24.7 Å². The first-order valence-electron chi connectivity index (χ1n) is 8.53. The fourth-order valence-corrected chi connectivity index (χ4v) is 2.29. The molecule has 142 valence electrons. The lowest BCUT2D eigenvalue weighted by Gasteiger charge is -2.06. The molecule has 0 aliphatic carbocycles. The number of hydrogen-bond donors (Lipinski definition) is 0. The highest BCUT2D eigenvalue weighted by molar-refractivity contribution is 5.87. The van der Waals surface area contributed by atoms with Gasteiger partial charge < -0.3 is 18.3 Å². The van der Waals surface area contributed by atoms with Crippen molar-refractivity contribution in [3.05, 3.63) is 95.9 Å². The Kier molecular flexibility index (Phi) is 6.62. The predicted molar refractivity (Wildman–Crippen MR) is 102 cm³/mol. The summed E-state index contributed by atoms with van der Waals surface area (Å²) in [6.07, 6.45) is 8.72. The maximum atomic E-state index is 11.7. The number of rotatable bonds is 8. The van der Waals surface area contributed by atoms with Gasteiger partial charge in [-0.3, -0.25) is 0 Å². The summed E-state index contributed by atoms with van der Waals surface area (Å²) in [5.74, 6) is 0.191. The molecule has 0 fully saturated rings. The molecule has 1 aromatic carbocycles. The van der Waals surface area contributed by atoms with Gasteiger partial charge in [-0.1, -0.05) is 18.2 Å². The molecule has 2 heterocycles. The highest BCUT2D eigenvalue weighted by Crippen LogP contribution is 2.10. The summed E-state index contributed by atoms with van der Waals surface area (Å²) in [6, 6.07) is 14.2. The van der Waals surface area contributed by atoms with Crippen molar-refractivity contribution in [1.29, 1.82) is 0 Å². The largest absolute Gasteiger partial charge is 0.465 e. The number of carbonyl (C=O) groups excluding carboxylic acids is 2. The van der Waals surface area contributed by atoms with Crippen molar-refractivity contribution in [2.75, 3.05) is 0 Å². The van der Waals surface area contributed by atoms with Gasteiger partial charge >= 0.3 is 11.9 Å². The second-order valence-corrected chi connectivity index (χ2v) is 5.73. The molecule has 0 radical (unpaired) electrons. The first-order chi connectivity index (χ1) is 13.7. The standard InChI is InChI=1S/C22H18O6/c23-21(10-8-19-6-2-12-25-19)27-15-17-4-1-5-18(14-17)16-28-22(24)11-9-20-7-3-13-26-20/h1-14H,15-16H2. The lowest BCUT2D eigenvalue weighted by atomic mass is 10.1. The Hall–Kier alpha value is -3.80. The fourth-order valence-electron chi connectivity index (χ4n) is 2.29. The molecule has 3 aromatic rings. The summed E-state index contributed by atoms with van der Waals surface area (Å²) < 4.78 is 20.6. The molecule has 0 spiro atoms. The summed E-state index contributed by atoms with van der Waals surface area (Å²) in [4.78, 5) is 23.5. The highest BCUT2D eigenvalue weighted by atomic mass is 16.5. The lowest BCUT2D eigenvalue weighted by Crippen LogP contribution is -2.03. The monoisotopic (exact) mass is 378 g/mol. The topological polar surface area (TPSA) is 78.9 Å². The number of hydrogen-bond acceptors (Lipinski definition) is 6. The van der Waals surface area contributed by atoms with E-state index < -0.39 is 11.9 Å². The molecule has 0 saturated heterocycles. The Morgan fingerprint density at radius 3 is 1.68 bits per heavy atom. The van der Waals surface area contributed by atoms with Crippen molar-refractivity contribution in [1.82, 2.24) is 0 Å². The molecule has 6 heteroatoms. The van der Waals surface area contributed by atoms with Gasteiger partial charge in [-0.15, -0.1) is 0 Å². The Morgan fingerprint density at radius 1 is 0.750 bits per heavy atom. The third-order valence-electron chi connectivity index (χ3n) is 3.61. The van der Waals surface area contributed by atoms with Crippen molar-refractivity contribution < 1.29 is 27.9 Å². The molecule has 6 nitrogen and oxygen atoms in total. The normalized spacial score (nSPS) is 11.1. The molecule has 0 unspecified atom stereocenters. The second-order valence-electron chi connectivity index (χ2n) is 5.73. The molecule has 2 aromatic heterocycles. The van der Waals surface area contributed by atoms with E-state index in [9.17, 15) is 9.59 Å². The van der Waals surface area contributed by atoms with Gasteiger partial charge in [0.2, 0.25) is 0 Å². The first-order valence-corrected chi connectivity index (χ1v) is 8.53. The van der Waals surface area contributed by atoms with Crippen molar-refractivity contribution >= 4 is 24.1 Å². The van der Waals surface area contributed by atoms with E-state index in [2.05, 4.69) is 0 Å². The van der Waals surface area contributed by atoms with Crippen molar-refractivity contribution in [3.63, 3.8) is 0 Å². The molecular weight excluding hydrogens is 360 g/mol. The van der Waals surface area contributed by atoms with Crippen LogP contribution in [0.1, 0.15) is 22.6 Å². The molecule has 28 heavy (non-hydrogen) atoms. The third-order valence-corrected chi connectivity index (χ3v) is 3.61. The molecule has 0 N–H and O–H groups in total. The average Bonchev–Trinajstić information content (AvgIpc) is 3.42. The fraction of sp³-hybridized carbons (Fsp3) is 0.0909. The Bertz CT molecular complexity index is 873. The molecule has 0 aliphatic rings. The van der Waals surface area contributed by atoms with E-state index in [1.807, 2.05) is 24.3 Å². The average molecular weight is 378 g/mol. The summed E-state index contributed by atoms with van der Waals surface area (Å²) in [7, 11) is 0. The van der Waals surface area contributed by atoms with Gasteiger partial charge in [-0.05, 0) is 53.6 Å². The SMILES string of the molecule is O=C(C=Cc1ccco1)OCc1cccc(COC(=O)C=Cc2ccco2)c1. The molecule has 0 bridgehead atoms. The molecule has 3 rings (SSSR count). The quantitative estimate of drug-likeness (QED) is 0.427. The lowest BCUT2D eigenvalue weighted by molar-refractivity contribution is -0.139. The van der Waals surface area contributed by atoms with Crippen LogP contribution >= 0.6 is 0 Å². The van der Waals surface area contributed by atoms with Crippen LogP contribution in [0.5, 0.6) is 0 Å².